The highest BCUT2D eigenvalue weighted by Gasteiger charge is 2.19. The fraction of sp³-hybridized carbons (Fsp3) is 0.200. The van der Waals surface area contributed by atoms with E-state index in [1.165, 1.54) is 11.1 Å². The summed E-state index contributed by atoms with van der Waals surface area (Å²) in [5.74, 6) is -0.149. The number of benzene rings is 2. The Labute approximate surface area is 100 Å². The highest BCUT2D eigenvalue weighted by atomic mass is 19.1. The molecule has 0 fully saturated rings. The van der Waals surface area contributed by atoms with Crippen molar-refractivity contribution in [2.45, 2.75) is 19.0 Å². The summed E-state index contributed by atoms with van der Waals surface area (Å²) < 4.78 is 13.1. The second-order valence-electron chi connectivity index (χ2n) is 4.46. The van der Waals surface area contributed by atoms with Crippen LogP contribution < -0.4 is 5.32 Å². The van der Waals surface area contributed by atoms with Gasteiger partial charge in [0.05, 0.1) is 0 Å². The summed E-state index contributed by atoms with van der Waals surface area (Å²) in [6.45, 7) is 0.743. The normalized spacial score (nSPS) is 18.8. The number of rotatable bonds is 1. The first kappa shape index (κ1) is 10.5. The maximum Gasteiger partial charge on any atom is 0.123 e. The zero-order valence-electron chi connectivity index (χ0n) is 9.49. The summed E-state index contributed by atoms with van der Waals surface area (Å²) >= 11 is 0. The zero-order valence-corrected chi connectivity index (χ0v) is 9.49. The van der Waals surface area contributed by atoms with E-state index in [0.717, 1.165) is 18.5 Å². The SMILES string of the molecule is Fc1ccc2c(c1)CNC(c1ccccc1)C2. The minimum Gasteiger partial charge on any atom is -0.306 e. The lowest BCUT2D eigenvalue weighted by Crippen LogP contribution is -2.28. The molecule has 0 aromatic heterocycles. The van der Waals surface area contributed by atoms with Gasteiger partial charge >= 0.3 is 0 Å². The van der Waals surface area contributed by atoms with Crippen LogP contribution in [0.25, 0.3) is 0 Å². The van der Waals surface area contributed by atoms with Crippen molar-refractivity contribution in [3.63, 3.8) is 0 Å². The fourth-order valence-electron chi connectivity index (χ4n) is 2.40. The van der Waals surface area contributed by atoms with Crippen molar-refractivity contribution in [2.24, 2.45) is 0 Å². The molecule has 86 valence electrons. The molecule has 17 heavy (non-hydrogen) atoms. The van der Waals surface area contributed by atoms with Crippen LogP contribution in [0.2, 0.25) is 0 Å². The second kappa shape index (κ2) is 4.30. The number of halogens is 1. The van der Waals surface area contributed by atoms with Gasteiger partial charge in [0.2, 0.25) is 0 Å². The first-order valence-electron chi connectivity index (χ1n) is 5.88. The van der Waals surface area contributed by atoms with Crippen molar-refractivity contribution in [1.82, 2.24) is 5.32 Å². The quantitative estimate of drug-likeness (QED) is 0.788. The number of nitrogens with one attached hydrogen (secondary N) is 1. The highest BCUT2D eigenvalue weighted by molar-refractivity contribution is 5.33. The topological polar surface area (TPSA) is 12.0 Å². The molecule has 1 aliphatic rings. The third kappa shape index (κ3) is 2.08. The molecule has 0 saturated heterocycles. The van der Waals surface area contributed by atoms with Crippen LogP contribution in [-0.4, -0.2) is 0 Å². The zero-order chi connectivity index (χ0) is 11.7. The lowest BCUT2D eigenvalue weighted by atomic mass is 9.92. The molecule has 0 aliphatic carbocycles. The molecule has 1 heterocycles. The van der Waals surface area contributed by atoms with Crippen LogP contribution in [0.1, 0.15) is 22.7 Å². The molecule has 2 aromatic rings. The predicted molar refractivity (Wildman–Crippen MR) is 66.1 cm³/mol. The Morgan fingerprint density at radius 1 is 1.00 bits per heavy atom. The van der Waals surface area contributed by atoms with E-state index in [0.29, 0.717) is 6.04 Å². The summed E-state index contributed by atoms with van der Waals surface area (Å²) in [6.07, 6.45) is 0.930. The first-order valence-corrected chi connectivity index (χ1v) is 5.88. The van der Waals surface area contributed by atoms with E-state index in [1.54, 1.807) is 12.1 Å². The third-order valence-electron chi connectivity index (χ3n) is 3.33. The average molecular weight is 227 g/mol. The van der Waals surface area contributed by atoms with E-state index in [4.69, 9.17) is 0 Å². The minimum atomic E-state index is -0.149. The number of hydrogen-bond acceptors (Lipinski definition) is 1. The van der Waals surface area contributed by atoms with Crippen LogP contribution in [0.5, 0.6) is 0 Å². The standard InChI is InChI=1S/C15H14FN/c16-14-7-6-12-9-15(17-10-13(12)8-14)11-4-2-1-3-5-11/h1-8,15,17H,9-10H2. The van der Waals surface area contributed by atoms with Gasteiger partial charge in [-0.2, -0.15) is 0 Å². The van der Waals surface area contributed by atoms with Crippen LogP contribution in [0.15, 0.2) is 48.5 Å². The molecule has 1 unspecified atom stereocenters. The van der Waals surface area contributed by atoms with Gasteiger partial charge in [0.15, 0.2) is 0 Å². The van der Waals surface area contributed by atoms with E-state index in [1.807, 2.05) is 12.1 Å². The Balaban J connectivity index is 1.88. The van der Waals surface area contributed by atoms with E-state index in [-0.39, 0.29) is 5.82 Å². The van der Waals surface area contributed by atoms with Crippen molar-refractivity contribution < 1.29 is 4.39 Å². The van der Waals surface area contributed by atoms with Crippen LogP contribution >= 0.6 is 0 Å². The van der Waals surface area contributed by atoms with Gasteiger partial charge in [-0.05, 0) is 35.2 Å². The summed E-state index contributed by atoms with van der Waals surface area (Å²) in [7, 11) is 0. The summed E-state index contributed by atoms with van der Waals surface area (Å²) in [5.41, 5.74) is 3.62. The van der Waals surface area contributed by atoms with Gasteiger partial charge in [0.1, 0.15) is 5.82 Å². The Kier molecular flexibility index (Phi) is 2.65. The maximum absolute atomic E-state index is 13.1. The molecular weight excluding hydrogens is 213 g/mol. The molecular formula is C15H14FN. The highest BCUT2D eigenvalue weighted by Crippen LogP contribution is 2.26. The van der Waals surface area contributed by atoms with E-state index < -0.39 is 0 Å². The molecule has 0 radical (unpaired) electrons. The monoisotopic (exact) mass is 227 g/mol. The predicted octanol–water partition coefficient (Wildman–Crippen LogP) is 3.21. The Bertz CT molecular complexity index is 522. The molecule has 1 N–H and O–H groups in total. The van der Waals surface area contributed by atoms with E-state index in [2.05, 4.69) is 29.6 Å². The smallest absolute Gasteiger partial charge is 0.123 e. The first-order chi connectivity index (χ1) is 8.33. The Morgan fingerprint density at radius 3 is 2.65 bits per heavy atom. The number of hydrogen-bond donors (Lipinski definition) is 1. The molecule has 0 amide bonds. The molecule has 3 rings (SSSR count). The molecule has 2 heteroatoms. The summed E-state index contributed by atoms with van der Waals surface area (Å²) in [6, 6.07) is 15.8. The van der Waals surface area contributed by atoms with Crippen molar-refractivity contribution in [3.8, 4) is 0 Å². The largest absolute Gasteiger partial charge is 0.306 e. The van der Waals surface area contributed by atoms with Crippen molar-refractivity contribution >= 4 is 0 Å². The van der Waals surface area contributed by atoms with Gasteiger partial charge in [-0.3, -0.25) is 0 Å². The molecule has 1 aliphatic heterocycles. The van der Waals surface area contributed by atoms with Gasteiger partial charge in [-0.1, -0.05) is 36.4 Å². The molecule has 0 spiro atoms. The summed E-state index contributed by atoms with van der Waals surface area (Å²) in [5, 5.41) is 3.45. The summed E-state index contributed by atoms with van der Waals surface area (Å²) in [4.78, 5) is 0. The van der Waals surface area contributed by atoms with Crippen LogP contribution in [0, 0.1) is 5.82 Å². The van der Waals surface area contributed by atoms with Crippen LogP contribution in [-0.2, 0) is 13.0 Å². The molecule has 0 saturated carbocycles. The molecule has 2 aromatic carbocycles. The van der Waals surface area contributed by atoms with E-state index in [9.17, 15) is 4.39 Å². The Morgan fingerprint density at radius 2 is 1.82 bits per heavy atom. The van der Waals surface area contributed by atoms with Crippen molar-refractivity contribution in [2.75, 3.05) is 0 Å². The second-order valence-corrected chi connectivity index (χ2v) is 4.46. The third-order valence-corrected chi connectivity index (χ3v) is 3.33. The van der Waals surface area contributed by atoms with Crippen LogP contribution in [0.4, 0.5) is 4.39 Å². The van der Waals surface area contributed by atoms with Gasteiger partial charge in [-0.25, -0.2) is 4.39 Å². The lowest BCUT2D eigenvalue weighted by molar-refractivity contribution is 0.495. The van der Waals surface area contributed by atoms with Crippen molar-refractivity contribution in [1.29, 1.82) is 0 Å². The van der Waals surface area contributed by atoms with Gasteiger partial charge in [0.25, 0.3) is 0 Å². The molecule has 0 bridgehead atoms. The number of fused-ring (bicyclic) bond motifs is 1. The van der Waals surface area contributed by atoms with Crippen LogP contribution in [0.3, 0.4) is 0 Å². The average Bonchev–Trinajstić information content (AvgIpc) is 2.39. The fourth-order valence-corrected chi connectivity index (χ4v) is 2.40. The van der Waals surface area contributed by atoms with Gasteiger partial charge in [0, 0.05) is 12.6 Å². The maximum atomic E-state index is 13.1. The van der Waals surface area contributed by atoms with Gasteiger partial charge < -0.3 is 5.32 Å². The Hall–Kier alpha value is -1.67. The molecule has 1 nitrogen and oxygen atoms in total. The van der Waals surface area contributed by atoms with Gasteiger partial charge in [-0.15, -0.1) is 0 Å². The van der Waals surface area contributed by atoms with E-state index >= 15 is 0 Å². The van der Waals surface area contributed by atoms with Crippen molar-refractivity contribution in [3.05, 3.63) is 71.0 Å². The minimum absolute atomic E-state index is 0.149. The molecule has 1 atom stereocenters. The lowest BCUT2D eigenvalue weighted by Gasteiger charge is -2.26.